The number of ether oxygens (including phenoxy) is 4. The Hall–Kier alpha value is -4.80. The Morgan fingerprint density at radius 3 is 0.814 bits per heavy atom. The second kappa shape index (κ2) is 74.5. The fraction of sp³-hybridized carbons (Fsp3) is 0.687. The smallest absolute Gasteiger partial charge is 0.462 e. The number of aliphatic hydroxyl groups is 1. The van der Waals surface area contributed by atoms with Crippen molar-refractivity contribution in [1.82, 2.24) is 0 Å². The van der Waals surface area contributed by atoms with Crippen LogP contribution in [0.2, 0.25) is 0 Å². The maximum absolute atomic E-state index is 13.1. The molecule has 0 rings (SSSR count). The summed E-state index contributed by atoms with van der Waals surface area (Å²) in [6.45, 7) is 4.63. The van der Waals surface area contributed by atoms with Gasteiger partial charge in [-0.25, -0.2) is 9.13 Å². The van der Waals surface area contributed by atoms with E-state index in [1.807, 2.05) is 24.3 Å². The summed E-state index contributed by atoms with van der Waals surface area (Å²) in [5.41, 5.74) is 0. The number of allylic oxidation sites excluding steroid dienone is 22. The first-order valence-electron chi connectivity index (χ1n) is 39.4. The molecular weight excluding hydrogens is 1330 g/mol. The van der Waals surface area contributed by atoms with E-state index < -0.39 is 97.5 Å². The number of phosphoric acid groups is 2. The minimum Gasteiger partial charge on any atom is -0.462 e. The van der Waals surface area contributed by atoms with Gasteiger partial charge in [-0.2, -0.15) is 0 Å². The Morgan fingerprint density at radius 1 is 0.275 bits per heavy atom. The minimum atomic E-state index is -5.01. The fourth-order valence-electron chi connectivity index (χ4n) is 9.99. The predicted octanol–water partition coefficient (Wildman–Crippen LogP) is 22.9. The minimum absolute atomic E-state index is 0.00397. The molecule has 19 heteroatoms. The Kier molecular flexibility index (Phi) is 71.0. The number of hydrogen-bond donors (Lipinski definition) is 3. The largest absolute Gasteiger partial charge is 0.472 e. The summed E-state index contributed by atoms with van der Waals surface area (Å²) in [6.07, 6.45) is 83.0. The molecule has 2 unspecified atom stereocenters. The van der Waals surface area contributed by atoms with Crippen molar-refractivity contribution in [2.24, 2.45) is 0 Å². The highest BCUT2D eigenvalue weighted by atomic mass is 31.2. The lowest BCUT2D eigenvalue weighted by Gasteiger charge is -2.21. The van der Waals surface area contributed by atoms with E-state index in [2.05, 4.69) is 137 Å². The molecule has 0 aromatic heterocycles. The van der Waals surface area contributed by atoms with E-state index >= 15 is 0 Å². The van der Waals surface area contributed by atoms with Crippen molar-refractivity contribution >= 4 is 39.5 Å². The first-order chi connectivity index (χ1) is 49.7. The number of carbonyl (C=O) groups excluding carboxylic acids is 4. The first-order valence-corrected chi connectivity index (χ1v) is 42.4. The molecule has 584 valence electrons. The van der Waals surface area contributed by atoms with Gasteiger partial charge in [-0.05, 0) is 161 Å². The highest BCUT2D eigenvalue weighted by Crippen LogP contribution is 2.45. The van der Waals surface area contributed by atoms with E-state index in [-0.39, 0.29) is 25.7 Å². The van der Waals surface area contributed by atoms with Crippen LogP contribution in [0.15, 0.2) is 134 Å². The predicted molar refractivity (Wildman–Crippen MR) is 418 cm³/mol. The number of aliphatic hydroxyl groups excluding tert-OH is 1. The summed E-state index contributed by atoms with van der Waals surface area (Å²) in [5.74, 6) is -2.33. The Bertz CT molecular complexity index is 2460. The normalized spacial score (nSPS) is 14.6. The highest BCUT2D eigenvalue weighted by molar-refractivity contribution is 7.47. The molecule has 0 radical (unpaired) electrons. The van der Waals surface area contributed by atoms with Crippen LogP contribution in [0, 0.1) is 0 Å². The summed E-state index contributed by atoms with van der Waals surface area (Å²) in [4.78, 5) is 72.9. The lowest BCUT2D eigenvalue weighted by Crippen LogP contribution is -2.30. The quantitative estimate of drug-likeness (QED) is 0.0169. The molecule has 0 aromatic rings. The second-order valence-electron chi connectivity index (χ2n) is 25.9. The number of esters is 4. The lowest BCUT2D eigenvalue weighted by molar-refractivity contribution is -0.161. The van der Waals surface area contributed by atoms with Crippen molar-refractivity contribution in [1.29, 1.82) is 0 Å². The summed E-state index contributed by atoms with van der Waals surface area (Å²) in [6, 6.07) is 0. The van der Waals surface area contributed by atoms with Crippen LogP contribution >= 0.6 is 15.6 Å². The average Bonchev–Trinajstić information content (AvgIpc) is 0.959. The molecule has 17 nitrogen and oxygen atoms in total. The zero-order valence-corrected chi connectivity index (χ0v) is 65.5. The molecule has 0 heterocycles. The monoisotopic (exact) mass is 1470 g/mol. The second-order valence-corrected chi connectivity index (χ2v) is 28.8. The summed E-state index contributed by atoms with van der Waals surface area (Å²) < 4.78 is 68.4. The van der Waals surface area contributed by atoms with E-state index in [9.17, 15) is 43.2 Å². The van der Waals surface area contributed by atoms with Gasteiger partial charge in [0.1, 0.15) is 19.3 Å². The molecule has 0 saturated carbocycles. The molecule has 0 spiro atoms. The van der Waals surface area contributed by atoms with Gasteiger partial charge in [0.2, 0.25) is 0 Å². The summed E-state index contributed by atoms with van der Waals surface area (Å²) in [5, 5.41) is 10.6. The van der Waals surface area contributed by atoms with Crippen molar-refractivity contribution in [2.75, 3.05) is 39.6 Å². The van der Waals surface area contributed by atoms with E-state index in [0.29, 0.717) is 38.5 Å². The van der Waals surface area contributed by atoms with Crippen LogP contribution in [0.4, 0.5) is 0 Å². The third-order valence-electron chi connectivity index (χ3n) is 16.1. The molecule has 0 aliphatic heterocycles. The maximum Gasteiger partial charge on any atom is 0.472 e. The van der Waals surface area contributed by atoms with Gasteiger partial charge < -0.3 is 33.8 Å². The van der Waals surface area contributed by atoms with Crippen molar-refractivity contribution in [3.63, 3.8) is 0 Å². The molecular formula is C83H140O17P2. The molecule has 3 N–H and O–H groups in total. The van der Waals surface area contributed by atoms with Crippen LogP contribution in [0.5, 0.6) is 0 Å². The number of rotatable bonds is 73. The summed E-state index contributed by atoms with van der Waals surface area (Å²) >= 11 is 0. The molecule has 0 aromatic carbocycles. The zero-order valence-electron chi connectivity index (χ0n) is 63.7. The van der Waals surface area contributed by atoms with Crippen molar-refractivity contribution in [3.05, 3.63) is 134 Å². The highest BCUT2D eigenvalue weighted by Gasteiger charge is 2.30. The third kappa shape index (κ3) is 73.5. The van der Waals surface area contributed by atoms with Crippen molar-refractivity contribution in [2.45, 2.75) is 329 Å². The van der Waals surface area contributed by atoms with Gasteiger partial charge in [-0.1, -0.05) is 258 Å². The van der Waals surface area contributed by atoms with Crippen LogP contribution < -0.4 is 0 Å². The van der Waals surface area contributed by atoms with Gasteiger partial charge in [0.25, 0.3) is 0 Å². The topological polar surface area (TPSA) is 237 Å². The third-order valence-corrected chi connectivity index (χ3v) is 18.0. The van der Waals surface area contributed by atoms with Crippen LogP contribution in [0.3, 0.4) is 0 Å². The van der Waals surface area contributed by atoms with E-state index in [0.717, 1.165) is 135 Å². The summed E-state index contributed by atoms with van der Waals surface area (Å²) in [7, 11) is -10.00. The Balaban J connectivity index is 5.48. The fourth-order valence-corrected chi connectivity index (χ4v) is 11.6. The van der Waals surface area contributed by atoms with E-state index in [1.165, 1.54) is 83.5 Å². The first kappa shape index (κ1) is 97.2. The van der Waals surface area contributed by atoms with Gasteiger partial charge in [0.15, 0.2) is 12.2 Å². The number of hydrogen-bond acceptors (Lipinski definition) is 15. The zero-order chi connectivity index (χ0) is 74.6. The molecule has 5 atom stereocenters. The Labute approximate surface area is 618 Å². The van der Waals surface area contributed by atoms with Gasteiger partial charge in [-0.3, -0.25) is 37.3 Å². The van der Waals surface area contributed by atoms with Crippen LogP contribution in [-0.2, 0) is 65.4 Å². The molecule has 0 amide bonds. The SMILES string of the molecule is CCCCC/C=C\C/C=C\C/C=C\C/C=C\CCCC(=O)OC[C@H](COP(=O)(O)OC[C@@H](O)COP(=O)(O)OC[C@@H](COC(=O)CCCCCCC/C=C\C/C=C\CCCCC)OC(=O)CCCCCCC/C=C\CCCCCC)OC(=O)CCC/C=C\C/C=C\C/C=C\C/C=C\CCCCC. The molecule has 0 aliphatic carbocycles. The van der Waals surface area contributed by atoms with E-state index in [4.69, 9.17) is 37.0 Å². The van der Waals surface area contributed by atoms with Gasteiger partial charge in [0, 0.05) is 25.7 Å². The number of unbranched alkanes of at least 4 members (excludes halogenated alkanes) is 25. The van der Waals surface area contributed by atoms with Gasteiger partial charge in [0.05, 0.1) is 26.4 Å². The molecule has 0 saturated heterocycles. The molecule has 102 heavy (non-hydrogen) atoms. The number of phosphoric ester groups is 2. The molecule has 0 bridgehead atoms. The van der Waals surface area contributed by atoms with Crippen LogP contribution in [0.1, 0.15) is 310 Å². The van der Waals surface area contributed by atoms with Crippen LogP contribution in [-0.4, -0.2) is 96.7 Å². The lowest BCUT2D eigenvalue weighted by atomic mass is 10.1. The van der Waals surface area contributed by atoms with Crippen molar-refractivity contribution in [3.8, 4) is 0 Å². The molecule has 0 fully saturated rings. The van der Waals surface area contributed by atoms with Gasteiger partial charge in [-0.15, -0.1) is 0 Å². The Morgan fingerprint density at radius 2 is 0.490 bits per heavy atom. The van der Waals surface area contributed by atoms with Crippen molar-refractivity contribution < 1.29 is 80.2 Å². The number of carbonyl (C=O) groups is 4. The standard InChI is InChI=1S/C83H140O17P2/c1-5-9-13-17-21-25-29-33-36-38-41-45-48-52-56-60-64-68-81(86)94-74-79(100-83(88)70-66-62-58-54-50-46-42-39-37-34-30-26-22-18-14-10-6-2)76-98-102(91,92)96-72-77(84)71-95-101(89,90)97-75-78(99-82(87)69-65-61-57-53-49-43-32-28-24-20-16-12-8-4)73-93-80(85)67-63-59-55-51-47-44-40-35-31-27-23-19-15-11-7-3/h21-23,25-28,32-37,40-42,45-46,52,54,56,58,77-79,84H,5-20,24,29-31,38-39,43-44,47-51,53,55,57,59-76H2,1-4H3,(H,89,90)(H,91,92)/b25-21-,26-22-,27-23-,32-28-,36-33-,37-34-,40-35-,45-41-,46-42-,56-52-,58-54-/t77-,78+,79+/m0/s1. The molecule has 0 aliphatic rings. The average molecular weight is 1470 g/mol. The van der Waals surface area contributed by atoms with Crippen LogP contribution in [0.25, 0.3) is 0 Å². The maximum atomic E-state index is 13.1. The van der Waals surface area contributed by atoms with E-state index in [1.54, 1.807) is 0 Å². The van der Waals surface area contributed by atoms with Gasteiger partial charge >= 0.3 is 39.5 Å².